The number of hydrogen-bond acceptors (Lipinski definition) is 11. The largest absolute Gasteiger partial charge is 0.459 e. The zero-order chi connectivity index (χ0) is 44.7. The van der Waals surface area contributed by atoms with Crippen LogP contribution in [0.25, 0.3) is 0 Å². The second kappa shape index (κ2) is 17.5. The lowest BCUT2D eigenvalue weighted by atomic mass is 9.46. The molecule has 5 unspecified atom stereocenters. The van der Waals surface area contributed by atoms with E-state index in [1.54, 1.807) is 13.8 Å². The zero-order valence-electron chi connectivity index (χ0n) is 39.1. The predicted molar refractivity (Wildman–Crippen MR) is 226 cm³/mol. The summed E-state index contributed by atoms with van der Waals surface area (Å²) in [6.07, 6.45) is 15.8. The molecule has 0 aromatic carbocycles. The van der Waals surface area contributed by atoms with Crippen molar-refractivity contribution >= 4 is 29.8 Å². The van der Waals surface area contributed by atoms with Crippen LogP contribution in [0.4, 0.5) is 0 Å². The van der Waals surface area contributed by atoms with Crippen LogP contribution in [0.5, 0.6) is 0 Å². The number of carbonyl (C=O) groups excluding carboxylic acids is 5. The normalized spacial score (nSPS) is 33.0. The van der Waals surface area contributed by atoms with E-state index in [9.17, 15) is 29.2 Å². The van der Waals surface area contributed by atoms with Crippen molar-refractivity contribution in [2.45, 2.75) is 209 Å². The molecule has 0 spiro atoms. The third-order valence-electron chi connectivity index (χ3n) is 16.8. The third kappa shape index (κ3) is 9.29. The van der Waals surface area contributed by atoms with E-state index in [2.05, 4.69) is 33.8 Å². The summed E-state index contributed by atoms with van der Waals surface area (Å²) in [5.41, 5.74) is -2.60. The molecule has 7 aliphatic carbocycles. The van der Waals surface area contributed by atoms with E-state index in [1.807, 2.05) is 41.5 Å². The number of esters is 5. The highest BCUT2D eigenvalue weighted by molar-refractivity contribution is 5.85. The van der Waals surface area contributed by atoms with Gasteiger partial charge in [-0.05, 0) is 176 Å². The van der Waals surface area contributed by atoms with Crippen LogP contribution < -0.4 is 0 Å². The maximum absolute atomic E-state index is 12.6. The number of hydrogen-bond donors (Lipinski definition) is 0. The van der Waals surface area contributed by atoms with Gasteiger partial charge in [0.1, 0.15) is 23.4 Å². The van der Waals surface area contributed by atoms with Crippen molar-refractivity contribution in [2.24, 2.45) is 56.7 Å². The first-order valence-corrected chi connectivity index (χ1v) is 23.3. The molecule has 11 nitrogen and oxygen atoms in total. The Morgan fingerprint density at radius 2 is 1.23 bits per heavy atom. The highest BCUT2D eigenvalue weighted by Gasteiger charge is 2.72. The van der Waals surface area contributed by atoms with Crippen molar-refractivity contribution in [3.05, 3.63) is 0 Å². The van der Waals surface area contributed by atoms with Gasteiger partial charge in [-0.2, -0.15) is 5.26 Å². The molecule has 7 saturated carbocycles. The summed E-state index contributed by atoms with van der Waals surface area (Å²) in [5.74, 6) is 0.785. The molecule has 0 N–H and O–H groups in total. The molecule has 1 heterocycles. The lowest BCUT2D eigenvalue weighted by Gasteiger charge is -2.61. The van der Waals surface area contributed by atoms with Gasteiger partial charge in [0, 0.05) is 17.3 Å². The molecule has 8 fully saturated rings. The smallest absolute Gasteiger partial charge is 0.344 e. The number of rotatable bonds is 13. The number of ether oxygens (including phenoxy) is 5. The molecular formula is C49H77NO10. The fourth-order valence-corrected chi connectivity index (χ4v) is 11.4. The Hall–Kier alpha value is -3.16. The van der Waals surface area contributed by atoms with Crippen molar-refractivity contribution in [3.8, 4) is 6.07 Å². The number of fused-ring (bicyclic) bond motifs is 1. The fraction of sp³-hybridized carbons (Fsp3) is 0.878. The van der Waals surface area contributed by atoms with Crippen LogP contribution in [0.1, 0.15) is 186 Å². The average Bonchev–Trinajstić information content (AvgIpc) is 3.95. The Labute approximate surface area is 360 Å². The van der Waals surface area contributed by atoms with Crippen LogP contribution in [-0.2, 0) is 47.7 Å². The Balaban J connectivity index is 0.000000175. The minimum Gasteiger partial charge on any atom is -0.459 e. The van der Waals surface area contributed by atoms with Crippen LogP contribution in [0, 0.1) is 68.0 Å². The van der Waals surface area contributed by atoms with Crippen molar-refractivity contribution < 1.29 is 47.7 Å². The van der Waals surface area contributed by atoms with Crippen molar-refractivity contribution in [2.75, 3.05) is 6.61 Å². The summed E-state index contributed by atoms with van der Waals surface area (Å²) >= 11 is 0. The summed E-state index contributed by atoms with van der Waals surface area (Å²) in [6, 6.07) is 2.10. The van der Waals surface area contributed by atoms with Gasteiger partial charge in [0.05, 0.1) is 22.3 Å². The molecule has 0 radical (unpaired) electrons. The second-order valence-electron chi connectivity index (χ2n) is 22.2. The van der Waals surface area contributed by atoms with Crippen molar-refractivity contribution in [3.63, 3.8) is 0 Å². The Kier molecular flexibility index (Phi) is 14.0. The van der Waals surface area contributed by atoms with E-state index in [1.165, 1.54) is 51.4 Å². The van der Waals surface area contributed by atoms with Gasteiger partial charge >= 0.3 is 29.8 Å². The third-order valence-corrected chi connectivity index (χ3v) is 16.8. The first-order chi connectivity index (χ1) is 27.9. The quantitative estimate of drug-likeness (QED) is 0.129. The van der Waals surface area contributed by atoms with E-state index >= 15 is 0 Å². The number of carbonyl (C=O) groups is 5. The molecule has 11 heteroatoms. The SMILES string of the molecule is CCC(C)(C)C(=O)OC(C)(C)C12CC3CC(CC(C3)C1)C2.CCC(C)(C)C(=O)OCC(=O)OC1C2CC3C1OC(=O)C3(C#N)C2.CCC1(OC(=O)C(C)(C)CC)CCCC1. The highest BCUT2D eigenvalue weighted by Crippen LogP contribution is 2.65. The van der Waals surface area contributed by atoms with Crippen LogP contribution >= 0.6 is 0 Å². The first kappa shape index (κ1) is 47.9. The molecule has 8 aliphatic rings. The van der Waals surface area contributed by atoms with Gasteiger partial charge in [-0.3, -0.25) is 19.2 Å². The lowest BCUT2D eigenvalue weighted by molar-refractivity contribution is -0.206. The molecule has 5 atom stereocenters. The van der Waals surface area contributed by atoms with Crippen molar-refractivity contribution in [1.82, 2.24) is 0 Å². The molecule has 0 aromatic heterocycles. The summed E-state index contributed by atoms with van der Waals surface area (Å²) in [5, 5.41) is 9.33. The van der Waals surface area contributed by atoms with Gasteiger partial charge in [-0.15, -0.1) is 0 Å². The Bertz CT molecular complexity index is 1630. The Morgan fingerprint density at radius 1 is 0.733 bits per heavy atom. The first-order valence-electron chi connectivity index (χ1n) is 23.3. The van der Waals surface area contributed by atoms with E-state index in [-0.39, 0.29) is 51.2 Å². The highest BCUT2D eigenvalue weighted by atomic mass is 16.6. The van der Waals surface area contributed by atoms with E-state index < -0.39 is 47.6 Å². The minimum atomic E-state index is -1.06. The monoisotopic (exact) mass is 840 g/mol. The summed E-state index contributed by atoms with van der Waals surface area (Å²) in [4.78, 5) is 60.4. The van der Waals surface area contributed by atoms with Gasteiger partial charge < -0.3 is 23.7 Å². The van der Waals surface area contributed by atoms with Crippen LogP contribution in [0.3, 0.4) is 0 Å². The zero-order valence-corrected chi connectivity index (χ0v) is 39.1. The van der Waals surface area contributed by atoms with Gasteiger partial charge in [-0.1, -0.05) is 27.7 Å². The number of nitriles is 1. The summed E-state index contributed by atoms with van der Waals surface area (Å²) in [7, 11) is 0. The second-order valence-corrected chi connectivity index (χ2v) is 22.2. The topological polar surface area (TPSA) is 155 Å². The fourth-order valence-electron chi connectivity index (χ4n) is 11.4. The summed E-state index contributed by atoms with van der Waals surface area (Å²) in [6.45, 7) is 23.4. The van der Waals surface area contributed by atoms with Gasteiger partial charge in [0.2, 0.25) is 0 Å². The molecule has 338 valence electrons. The van der Waals surface area contributed by atoms with Crippen LogP contribution in [0.15, 0.2) is 0 Å². The van der Waals surface area contributed by atoms with Gasteiger partial charge in [-0.25, -0.2) is 4.79 Å². The minimum absolute atomic E-state index is 0.00857. The van der Waals surface area contributed by atoms with Crippen LogP contribution in [-0.4, -0.2) is 59.9 Å². The maximum Gasteiger partial charge on any atom is 0.344 e. The van der Waals surface area contributed by atoms with E-state index in [0.717, 1.165) is 49.9 Å². The molecular weight excluding hydrogens is 763 g/mol. The predicted octanol–water partition coefficient (Wildman–Crippen LogP) is 10.0. The van der Waals surface area contributed by atoms with E-state index in [0.29, 0.717) is 19.3 Å². The standard InChI is InChI=1S/C19H32O2.C17H21NO6.C13H24O2/c1-6-17(2,3)16(20)21-18(4,5)19-10-13-7-14(11-19)9-15(8-13)12-19;1-4-16(2,3)14(20)22-7-11(19)23-12-9-5-10-13(12)24-15(21)17(10,6-9)8-18;1-5-12(3,4)11(14)15-13(6-2)9-7-8-10-13/h13-15H,6-12H2,1-5H3;9-10,12-13H,4-7H2,1-3H3;5-10H2,1-4H3. The molecule has 1 aliphatic heterocycles. The molecule has 60 heavy (non-hydrogen) atoms. The van der Waals surface area contributed by atoms with Gasteiger partial charge in [0.15, 0.2) is 12.0 Å². The summed E-state index contributed by atoms with van der Waals surface area (Å²) < 4.78 is 27.6. The number of nitrogens with zero attached hydrogens (tertiary/aromatic N) is 1. The van der Waals surface area contributed by atoms with Crippen LogP contribution in [0.2, 0.25) is 0 Å². The van der Waals surface area contributed by atoms with E-state index in [4.69, 9.17) is 23.7 Å². The average molecular weight is 840 g/mol. The van der Waals surface area contributed by atoms with Crippen molar-refractivity contribution in [1.29, 1.82) is 5.26 Å². The lowest BCUT2D eigenvalue weighted by Crippen LogP contribution is -2.58. The maximum atomic E-state index is 12.6. The van der Waals surface area contributed by atoms with Gasteiger partial charge in [0.25, 0.3) is 0 Å². The molecule has 6 bridgehead atoms. The molecule has 1 saturated heterocycles. The molecule has 0 amide bonds. The Morgan fingerprint density at radius 3 is 1.72 bits per heavy atom. The molecule has 0 aromatic rings. The molecule has 8 rings (SSSR count).